The lowest BCUT2D eigenvalue weighted by Crippen LogP contribution is -2.46. The molecule has 6 nitrogen and oxygen atoms in total. The van der Waals surface area contributed by atoms with Gasteiger partial charge in [-0.25, -0.2) is 4.79 Å². The predicted molar refractivity (Wildman–Crippen MR) is 106 cm³/mol. The smallest absolute Gasteiger partial charge is 0.328 e. The molecule has 0 bridgehead atoms. The monoisotopic (exact) mass is 385 g/mol. The Morgan fingerprint density at radius 2 is 1.37 bits per heavy atom. The average molecular weight is 386 g/mol. The van der Waals surface area contributed by atoms with Gasteiger partial charge in [0.1, 0.15) is 6.04 Å². The zero-order chi connectivity index (χ0) is 20.5. The molecule has 0 saturated heterocycles. The second-order valence-electron chi connectivity index (χ2n) is 6.79. The van der Waals surface area contributed by atoms with E-state index in [4.69, 9.17) is 9.47 Å². The minimum Gasteiger partial charge on any atom is -0.466 e. The Kier molecular flexibility index (Phi) is 15.6. The lowest BCUT2D eigenvalue weighted by Gasteiger charge is -2.29. The Labute approximate surface area is 165 Å². The largest absolute Gasteiger partial charge is 0.466 e. The van der Waals surface area contributed by atoms with Gasteiger partial charge in [0.2, 0.25) is 5.91 Å². The molecule has 0 heterocycles. The molecule has 158 valence electrons. The molecule has 0 aromatic heterocycles. The highest BCUT2D eigenvalue weighted by molar-refractivity contribution is 5.85. The summed E-state index contributed by atoms with van der Waals surface area (Å²) in [5.74, 6) is -0.803. The van der Waals surface area contributed by atoms with Crippen molar-refractivity contribution in [3.8, 4) is 0 Å². The van der Waals surface area contributed by atoms with Gasteiger partial charge in [-0.3, -0.25) is 9.59 Å². The summed E-state index contributed by atoms with van der Waals surface area (Å²) in [6, 6.07) is -0.722. The fourth-order valence-electron chi connectivity index (χ4n) is 2.71. The van der Waals surface area contributed by atoms with E-state index in [0.717, 1.165) is 44.9 Å². The van der Waals surface area contributed by atoms with Crippen LogP contribution in [-0.2, 0) is 23.9 Å². The summed E-state index contributed by atoms with van der Waals surface area (Å²) >= 11 is 0. The van der Waals surface area contributed by atoms with Crippen LogP contribution in [0.3, 0.4) is 0 Å². The van der Waals surface area contributed by atoms with Crippen LogP contribution in [0, 0.1) is 0 Å². The van der Waals surface area contributed by atoms with E-state index in [-0.39, 0.29) is 24.7 Å². The maximum Gasteiger partial charge on any atom is 0.328 e. The van der Waals surface area contributed by atoms with Crippen molar-refractivity contribution in [2.45, 2.75) is 97.9 Å². The fraction of sp³-hybridized carbons (Fsp3) is 0.857. The Bertz CT molecular complexity index is 425. The molecule has 1 amide bonds. The zero-order valence-corrected chi connectivity index (χ0v) is 17.8. The quantitative estimate of drug-likeness (QED) is 0.293. The van der Waals surface area contributed by atoms with Crippen LogP contribution >= 0.6 is 0 Å². The summed E-state index contributed by atoms with van der Waals surface area (Å²) in [5.41, 5.74) is 0. The SMILES string of the molecule is CCCCCC(=O)N(CC)[C@@H](CCC(=O)OCCCC)C(=O)OCCCC. The highest BCUT2D eigenvalue weighted by Gasteiger charge is 2.30. The van der Waals surface area contributed by atoms with Gasteiger partial charge in [0.05, 0.1) is 13.2 Å². The number of ether oxygens (including phenoxy) is 2. The summed E-state index contributed by atoms with van der Waals surface area (Å²) in [7, 11) is 0. The number of nitrogens with zero attached hydrogens (tertiary/aromatic N) is 1. The van der Waals surface area contributed by atoms with Crippen LogP contribution in [0.15, 0.2) is 0 Å². The average Bonchev–Trinajstić information content (AvgIpc) is 2.65. The first-order chi connectivity index (χ1) is 13.0. The molecular weight excluding hydrogens is 346 g/mol. The first-order valence-corrected chi connectivity index (χ1v) is 10.6. The summed E-state index contributed by atoms with van der Waals surface area (Å²) in [4.78, 5) is 38.6. The molecule has 0 fully saturated rings. The number of unbranched alkanes of at least 4 members (excludes halogenated alkanes) is 4. The van der Waals surface area contributed by atoms with Crippen molar-refractivity contribution in [2.75, 3.05) is 19.8 Å². The molecule has 0 N–H and O–H groups in total. The fourth-order valence-corrected chi connectivity index (χ4v) is 2.71. The molecule has 0 aliphatic heterocycles. The van der Waals surface area contributed by atoms with Gasteiger partial charge in [0, 0.05) is 19.4 Å². The molecule has 27 heavy (non-hydrogen) atoms. The van der Waals surface area contributed by atoms with E-state index in [1.54, 1.807) is 4.90 Å². The first kappa shape index (κ1) is 25.4. The van der Waals surface area contributed by atoms with Crippen molar-refractivity contribution in [1.29, 1.82) is 0 Å². The highest BCUT2D eigenvalue weighted by atomic mass is 16.5. The van der Waals surface area contributed by atoms with Gasteiger partial charge in [-0.1, -0.05) is 46.5 Å². The summed E-state index contributed by atoms with van der Waals surface area (Å²) in [5, 5.41) is 0. The van der Waals surface area contributed by atoms with Gasteiger partial charge in [-0.15, -0.1) is 0 Å². The summed E-state index contributed by atoms with van der Waals surface area (Å²) in [6.07, 6.45) is 7.08. The normalized spacial score (nSPS) is 11.7. The second-order valence-corrected chi connectivity index (χ2v) is 6.79. The van der Waals surface area contributed by atoms with Crippen LogP contribution in [0.4, 0.5) is 0 Å². The molecule has 1 atom stereocenters. The van der Waals surface area contributed by atoms with Gasteiger partial charge in [-0.2, -0.15) is 0 Å². The lowest BCUT2D eigenvalue weighted by molar-refractivity contribution is -0.156. The van der Waals surface area contributed by atoms with Gasteiger partial charge in [-0.05, 0) is 32.6 Å². The van der Waals surface area contributed by atoms with E-state index < -0.39 is 12.0 Å². The van der Waals surface area contributed by atoms with Crippen LogP contribution in [0.5, 0.6) is 0 Å². The number of likely N-dealkylation sites (N-methyl/N-ethyl adjacent to an activating group) is 1. The molecule has 0 radical (unpaired) electrons. The minimum atomic E-state index is -0.722. The molecule has 0 rings (SSSR count). The molecule has 0 aromatic carbocycles. The zero-order valence-electron chi connectivity index (χ0n) is 17.8. The number of rotatable bonds is 16. The number of amides is 1. The molecule has 0 aromatic rings. The molecular formula is C21H39NO5. The maximum absolute atomic E-state index is 12.6. The lowest BCUT2D eigenvalue weighted by atomic mass is 10.1. The van der Waals surface area contributed by atoms with Crippen LogP contribution in [-0.4, -0.2) is 48.5 Å². The van der Waals surface area contributed by atoms with Crippen molar-refractivity contribution in [2.24, 2.45) is 0 Å². The van der Waals surface area contributed by atoms with Crippen molar-refractivity contribution < 1.29 is 23.9 Å². The number of carbonyl (C=O) groups excluding carboxylic acids is 3. The third-order valence-electron chi connectivity index (χ3n) is 4.43. The molecule has 0 unspecified atom stereocenters. The number of hydrogen-bond donors (Lipinski definition) is 0. The maximum atomic E-state index is 12.6. The van der Waals surface area contributed by atoms with Crippen LogP contribution in [0.2, 0.25) is 0 Å². The molecule has 0 spiro atoms. The van der Waals surface area contributed by atoms with Crippen LogP contribution < -0.4 is 0 Å². The van der Waals surface area contributed by atoms with E-state index in [0.29, 0.717) is 26.2 Å². The van der Waals surface area contributed by atoms with E-state index in [9.17, 15) is 14.4 Å². The molecule has 0 saturated carbocycles. The third-order valence-corrected chi connectivity index (χ3v) is 4.43. The van der Waals surface area contributed by atoms with Crippen molar-refractivity contribution in [3.63, 3.8) is 0 Å². The first-order valence-electron chi connectivity index (χ1n) is 10.6. The standard InChI is InChI=1S/C21H39NO5/c1-5-9-12-13-19(23)22(8-4)18(21(25)27-17-11-7-3)14-15-20(24)26-16-10-6-2/h18H,5-17H2,1-4H3/t18-/m0/s1. The van der Waals surface area contributed by atoms with E-state index in [1.165, 1.54) is 0 Å². The summed E-state index contributed by atoms with van der Waals surface area (Å²) < 4.78 is 10.5. The predicted octanol–water partition coefficient (Wildman–Crippen LogP) is 4.25. The van der Waals surface area contributed by atoms with E-state index in [1.807, 2.05) is 20.8 Å². The summed E-state index contributed by atoms with van der Waals surface area (Å²) in [6.45, 7) is 9.14. The number of carbonyl (C=O) groups is 3. The van der Waals surface area contributed by atoms with E-state index in [2.05, 4.69) is 6.92 Å². The Morgan fingerprint density at radius 3 is 1.93 bits per heavy atom. The molecule has 6 heteroatoms. The van der Waals surface area contributed by atoms with Crippen molar-refractivity contribution >= 4 is 17.8 Å². The minimum absolute atomic E-state index is 0.0530. The van der Waals surface area contributed by atoms with Gasteiger partial charge >= 0.3 is 11.9 Å². The topological polar surface area (TPSA) is 72.9 Å². The van der Waals surface area contributed by atoms with Crippen LogP contribution in [0.1, 0.15) is 91.9 Å². The Hall–Kier alpha value is -1.59. The van der Waals surface area contributed by atoms with Gasteiger partial charge in [0.25, 0.3) is 0 Å². The van der Waals surface area contributed by atoms with Crippen molar-refractivity contribution in [3.05, 3.63) is 0 Å². The highest BCUT2D eigenvalue weighted by Crippen LogP contribution is 2.14. The van der Waals surface area contributed by atoms with Gasteiger partial charge in [0.15, 0.2) is 0 Å². The second kappa shape index (κ2) is 16.6. The Balaban J connectivity index is 4.88. The van der Waals surface area contributed by atoms with E-state index >= 15 is 0 Å². The van der Waals surface area contributed by atoms with Crippen molar-refractivity contribution in [1.82, 2.24) is 4.90 Å². The van der Waals surface area contributed by atoms with Crippen LogP contribution in [0.25, 0.3) is 0 Å². The molecule has 0 aliphatic carbocycles. The molecule has 0 aliphatic rings. The number of esters is 2. The number of hydrogen-bond acceptors (Lipinski definition) is 5. The Morgan fingerprint density at radius 1 is 0.778 bits per heavy atom. The third kappa shape index (κ3) is 11.7. The van der Waals surface area contributed by atoms with Gasteiger partial charge < -0.3 is 14.4 Å².